The van der Waals surface area contributed by atoms with Crippen molar-refractivity contribution in [2.24, 2.45) is 0 Å². The summed E-state index contributed by atoms with van der Waals surface area (Å²) in [5, 5.41) is 13.4. The summed E-state index contributed by atoms with van der Waals surface area (Å²) in [5.41, 5.74) is 0.698. The number of para-hydroxylation sites is 2. The standard InChI is InChI=1S/C8H10N2O2.C2H6/c1-2-9-7-5-3-4-6-8(7)10(11)12;1-2/h3-6,9H,2H2,1H3;1-2H3. The molecule has 0 aliphatic rings. The lowest BCUT2D eigenvalue weighted by molar-refractivity contribution is -0.384. The molecule has 14 heavy (non-hydrogen) atoms. The molecule has 0 fully saturated rings. The Balaban J connectivity index is 0.000000791. The highest BCUT2D eigenvalue weighted by Crippen LogP contribution is 2.22. The third kappa shape index (κ3) is 3.43. The summed E-state index contributed by atoms with van der Waals surface area (Å²) >= 11 is 0. The molecule has 0 aliphatic heterocycles. The number of nitrogens with one attached hydrogen (secondary N) is 1. The molecule has 0 saturated carbocycles. The molecule has 0 spiro atoms. The number of nitrogens with zero attached hydrogens (tertiary/aromatic N) is 1. The van der Waals surface area contributed by atoms with E-state index >= 15 is 0 Å². The first-order valence-corrected chi connectivity index (χ1v) is 4.73. The van der Waals surface area contributed by atoms with Crippen LogP contribution in [0.2, 0.25) is 0 Å². The van der Waals surface area contributed by atoms with Gasteiger partial charge >= 0.3 is 0 Å². The summed E-state index contributed by atoms with van der Waals surface area (Å²) in [5.74, 6) is 0. The zero-order chi connectivity index (χ0) is 11.0. The molecule has 0 aliphatic carbocycles. The highest BCUT2D eigenvalue weighted by atomic mass is 16.6. The average Bonchev–Trinajstić information content (AvgIpc) is 2.22. The average molecular weight is 196 g/mol. The van der Waals surface area contributed by atoms with E-state index < -0.39 is 4.92 Å². The predicted octanol–water partition coefficient (Wildman–Crippen LogP) is 3.05. The summed E-state index contributed by atoms with van der Waals surface area (Å²) in [6.07, 6.45) is 0. The molecule has 0 saturated heterocycles. The first kappa shape index (κ1) is 12.4. The Hall–Kier alpha value is -1.58. The van der Waals surface area contributed by atoms with Gasteiger partial charge in [0.25, 0.3) is 5.69 Å². The van der Waals surface area contributed by atoms with Gasteiger partial charge in [-0.15, -0.1) is 0 Å². The van der Waals surface area contributed by atoms with Gasteiger partial charge in [0.2, 0.25) is 0 Å². The molecule has 0 amide bonds. The van der Waals surface area contributed by atoms with E-state index in [1.54, 1.807) is 18.2 Å². The molecule has 78 valence electrons. The number of hydrogen-bond acceptors (Lipinski definition) is 3. The van der Waals surface area contributed by atoms with Gasteiger partial charge < -0.3 is 5.32 Å². The van der Waals surface area contributed by atoms with Gasteiger partial charge in [0.05, 0.1) is 4.92 Å². The Labute approximate surface area is 84.1 Å². The van der Waals surface area contributed by atoms with Crippen LogP contribution in [0.4, 0.5) is 11.4 Å². The predicted molar refractivity (Wildman–Crippen MR) is 58.6 cm³/mol. The molecule has 0 unspecified atom stereocenters. The van der Waals surface area contributed by atoms with Crippen molar-refractivity contribution in [2.45, 2.75) is 20.8 Å². The van der Waals surface area contributed by atoms with Crippen LogP contribution in [-0.4, -0.2) is 11.5 Å². The number of anilines is 1. The molecular weight excluding hydrogens is 180 g/mol. The molecule has 0 radical (unpaired) electrons. The van der Waals surface area contributed by atoms with Gasteiger partial charge in [-0.1, -0.05) is 26.0 Å². The lowest BCUT2D eigenvalue weighted by atomic mass is 10.3. The minimum absolute atomic E-state index is 0.124. The van der Waals surface area contributed by atoms with Gasteiger partial charge in [-0.05, 0) is 13.0 Å². The van der Waals surface area contributed by atoms with E-state index in [2.05, 4.69) is 5.32 Å². The van der Waals surface area contributed by atoms with E-state index in [1.165, 1.54) is 6.07 Å². The summed E-state index contributed by atoms with van der Waals surface area (Å²) in [6, 6.07) is 6.60. The number of hydrogen-bond donors (Lipinski definition) is 1. The lowest BCUT2D eigenvalue weighted by Gasteiger charge is -2.02. The van der Waals surface area contributed by atoms with E-state index in [4.69, 9.17) is 0 Å². The third-order valence-corrected chi connectivity index (χ3v) is 1.47. The van der Waals surface area contributed by atoms with Crippen LogP contribution < -0.4 is 5.32 Å². The molecule has 1 aromatic carbocycles. The van der Waals surface area contributed by atoms with Gasteiger partial charge in [0.1, 0.15) is 5.69 Å². The Bertz CT molecular complexity index is 287. The smallest absolute Gasteiger partial charge is 0.292 e. The van der Waals surface area contributed by atoms with Crippen molar-refractivity contribution < 1.29 is 4.92 Å². The SMILES string of the molecule is CC.CCNc1ccccc1[N+](=O)[O-]. The molecule has 0 atom stereocenters. The minimum Gasteiger partial charge on any atom is -0.380 e. The fourth-order valence-electron chi connectivity index (χ4n) is 0.973. The molecule has 0 aromatic heterocycles. The number of nitro groups is 1. The Kier molecular flexibility index (Phi) is 6.11. The first-order valence-electron chi connectivity index (χ1n) is 4.73. The monoisotopic (exact) mass is 196 g/mol. The normalized spacial score (nSPS) is 8.50. The second-order valence-corrected chi connectivity index (χ2v) is 2.30. The summed E-state index contributed by atoms with van der Waals surface area (Å²) < 4.78 is 0. The fourth-order valence-corrected chi connectivity index (χ4v) is 0.973. The van der Waals surface area contributed by atoms with Crippen LogP contribution >= 0.6 is 0 Å². The maximum atomic E-state index is 10.5. The first-order chi connectivity index (χ1) is 6.75. The van der Waals surface area contributed by atoms with E-state index in [9.17, 15) is 10.1 Å². The molecule has 4 nitrogen and oxygen atoms in total. The highest BCUT2D eigenvalue weighted by Gasteiger charge is 2.09. The summed E-state index contributed by atoms with van der Waals surface area (Å²) in [7, 11) is 0. The van der Waals surface area contributed by atoms with Gasteiger partial charge in [-0.3, -0.25) is 10.1 Å². The molecule has 1 rings (SSSR count). The van der Waals surface area contributed by atoms with Gasteiger partial charge in [0, 0.05) is 12.6 Å². The second kappa shape index (κ2) is 6.88. The molecular formula is C10H16N2O2. The number of benzene rings is 1. The summed E-state index contributed by atoms with van der Waals surface area (Å²) in [4.78, 5) is 10.1. The van der Waals surface area contributed by atoms with Crippen molar-refractivity contribution in [3.63, 3.8) is 0 Å². The van der Waals surface area contributed by atoms with Crippen molar-refractivity contribution in [1.29, 1.82) is 0 Å². The topological polar surface area (TPSA) is 55.2 Å². The molecule has 4 heteroatoms. The van der Waals surface area contributed by atoms with Crippen LogP contribution in [-0.2, 0) is 0 Å². The molecule has 1 aromatic rings. The maximum Gasteiger partial charge on any atom is 0.292 e. The second-order valence-electron chi connectivity index (χ2n) is 2.30. The van der Waals surface area contributed by atoms with Gasteiger partial charge in [0.15, 0.2) is 0 Å². The molecule has 0 heterocycles. The van der Waals surface area contributed by atoms with Crippen LogP contribution in [0.25, 0.3) is 0 Å². The molecule has 1 N–H and O–H groups in total. The lowest BCUT2D eigenvalue weighted by Crippen LogP contribution is -2.00. The fraction of sp³-hybridized carbons (Fsp3) is 0.400. The Morgan fingerprint density at radius 3 is 2.43 bits per heavy atom. The van der Waals surface area contributed by atoms with Crippen LogP contribution in [0.15, 0.2) is 24.3 Å². The van der Waals surface area contributed by atoms with Crippen LogP contribution in [0.3, 0.4) is 0 Å². The van der Waals surface area contributed by atoms with Crippen molar-refractivity contribution in [3.8, 4) is 0 Å². The van der Waals surface area contributed by atoms with Crippen molar-refractivity contribution in [3.05, 3.63) is 34.4 Å². The van der Waals surface area contributed by atoms with Crippen LogP contribution in [0.5, 0.6) is 0 Å². The van der Waals surface area contributed by atoms with Gasteiger partial charge in [-0.25, -0.2) is 0 Å². The van der Waals surface area contributed by atoms with Crippen molar-refractivity contribution >= 4 is 11.4 Å². The van der Waals surface area contributed by atoms with E-state index in [1.807, 2.05) is 20.8 Å². The van der Waals surface area contributed by atoms with E-state index in [-0.39, 0.29) is 5.69 Å². The maximum absolute atomic E-state index is 10.5. The Morgan fingerprint density at radius 1 is 1.36 bits per heavy atom. The third-order valence-electron chi connectivity index (χ3n) is 1.47. The van der Waals surface area contributed by atoms with Crippen LogP contribution in [0, 0.1) is 10.1 Å². The molecule has 0 bridgehead atoms. The zero-order valence-corrected chi connectivity index (χ0v) is 8.78. The quantitative estimate of drug-likeness (QED) is 0.597. The zero-order valence-electron chi connectivity index (χ0n) is 8.78. The van der Waals surface area contributed by atoms with E-state index in [0.29, 0.717) is 12.2 Å². The van der Waals surface area contributed by atoms with E-state index in [0.717, 1.165) is 0 Å². The van der Waals surface area contributed by atoms with Gasteiger partial charge in [-0.2, -0.15) is 0 Å². The largest absolute Gasteiger partial charge is 0.380 e. The van der Waals surface area contributed by atoms with Crippen molar-refractivity contribution in [2.75, 3.05) is 11.9 Å². The number of rotatable bonds is 3. The number of nitro benzene ring substituents is 1. The minimum atomic E-state index is -0.391. The highest BCUT2D eigenvalue weighted by molar-refractivity contribution is 5.60. The van der Waals surface area contributed by atoms with Crippen LogP contribution in [0.1, 0.15) is 20.8 Å². The summed E-state index contributed by atoms with van der Waals surface area (Å²) in [6.45, 7) is 6.58. The van der Waals surface area contributed by atoms with Crippen molar-refractivity contribution in [1.82, 2.24) is 0 Å². The Morgan fingerprint density at radius 2 is 1.93 bits per heavy atom.